The number of hydrogen-bond donors (Lipinski definition) is 1. The summed E-state index contributed by atoms with van der Waals surface area (Å²) >= 11 is 0. The minimum absolute atomic E-state index is 0.653. The highest BCUT2D eigenvalue weighted by atomic mass is 15.2. The Balaban J connectivity index is 2.12. The van der Waals surface area contributed by atoms with Gasteiger partial charge in [0.25, 0.3) is 0 Å². The third kappa shape index (κ3) is 2.32. The van der Waals surface area contributed by atoms with Gasteiger partial charge < -0.3 is 10.2 Å². The van der Waals surface area contributed by atoms with Crippen LogP contribution in [0.2, 0.25) is 0 Å². The first kappa shape index (κ1) is 10.5. The summed E-state index contributed by atoms with van der Waals surface area (Å²) in [6.07, 6.45) is 2.60. The number of piperidine rings is 1. The highest BCUT2D eigenvalue weighted by Crippen LogP contribution is 2.22. The Kier molecular flexibility index (Phi) is 3.27. The Morgan fingerprint density at radius 1 is 1.33 bits per heavy atom. The summed E-state index contributed by atoms with van der Waals surface area (Å²) in [6, 6.07) is 9.27. The zero-order valence-corrected chi connectivity index (χ0v) is 9.66. The highest BCUT2D eigenvalue weighted by molar-refractivity contribution is 5.53. The van der Waals surface area contributed by atoms with Gasteiger partial charge in [-0.25, -0.2) is 0 Å². The Morgan fingerprint density at radius 3 is 2.80 bits per heavy atom. The van der Waals surface area contributed by atoms with Gasteiger partial charge in [0.05, 0.1) is 0 Å². The molecule has 1 saturated heterocycles. The van der Waals surface area contributed by atoms with E-state index in [4.69, 9.17) is 0 Å². The molecule has 1 aliphatic rings. The van der Waals surface area contributed by atoms with Gasteiger partial charge in [0.2, 0.25) is 0 Å². The van der Waals surface area contributed by atoms with E-state index in [1.165, 1.54) is 30.6 Å². The van der Waals surface area contributed by atoms with Crippen LogP contribution < -0.4 is 10.2 Å². The smallest absolute Gasteiger partial charge is 0.0411 e. The lowest BCUT2D eigenvalue weighted by Crippen LogP contribution is -2.44. The molecule has 0 radical (unpaired) electrons. The third-order valence-corrected chi connectivity index (χ3v) is 3.31. The van der Waals surface area contributed by atoms with E-state index in [9.17, 15) is 0 Å². The van der Waals surface area contributed by atoms with Gasteiger partial charge in [-0.3, -0.25) is 0 Å². The zero-order chi connectivity index (χ0) is 10.7. The SMILES string of the molecule is Cc1ccccc1N(C)C1CCCNC1. The van der Waals surface area contributed by atoms with E-state index < -0.39 is 0 Å². The average molecular weight is 204 g/mol. The van der Waals surface area contributed by atoms with Crippen LogP contribution in [0.1, 0.15) is 18.4 Å². The predicted octanol–water partition coefficient (Wildman–Crippen LogP) is 2.18. The van der Waals surface area contributed by atoms with Crippen molar-refractivity contribution in [1.29, 1.82) is 0 Å². The van der Waals surface area contributed by atoms with Crippen molar-refractivity contribution in [2.45, 2.75) is 25.8 Å². The Bertz CT molecular complexity index is 316. The lowest BCUT2D eigenvalue weighted by molar-refractivity contribution is 0.445. The summed E-state index contributed by atoms with van der Waals surface area (Å²) in [4.78, 5) is 2.42. The van der Waals surface area contributed by atoms with E-state index in [2.05, 4.69) is 48.5 Å². The van der Waals surface area contributed by atoms with Crippen LogP contribution in [0.5, 0.6) is 0 Å². The van der Waals surface area contributed by atoms with Crippen molar-refractivity contribution in [1.82, 2.24) is 5.32 Å². The van der Waals surface area contributed by atoms with Gasteiger partial charge in [0, 0.05) is 25.3 Å². The van der Waals surface area contributed by atoms with Crippen molar-refractivity contribution >= 4 is 5.69 Å². The first-order valence-electron chi connectivity index (χ1n) is 5.78. The summed E-state index contributed by atoms with van der Waals surface area (Å²) in [5.74, 6) is 0. The van der Waals surface area contributed by atoms with Crippen LogP contribution in [0.3, 0.4) is 0 Å². The van der Waals surface area contributed by atoms with Crippen LogP contribution in [-0.2, 0) is 0 Å². The van der Waals surface area contributed by atoms with Gasteiger partial charge in [-0.1, -0.05) is 18.2 Å². The number of hydrogen-bond acceptors (Lipinski definition) is 2. The molecule has 1 heterocycles. The van der Waals surface area contributed by atoms with Gasteiger partial charge >= 0.3 is 0 Å². The maximum Gasteiger partial charge on any atom is 0.0411 e. The minimum Gasteiger partial charge on any atom is -0.370 e. The Hall–Kier alpha value is -1.02. The molecule has 1 unspecified atom stereocenters. The van der Waals surface area contributed by atoms with Gasteiger partial charge in [0.1, 0.15) is 0 Å². The van der Waals surface area contributed by atoms with Crippen molar-refractivity contribution in [3.63, 3.8) is 0 Å². The Morgan fingerprint density at radius 2 is 2.13 bits per heavy atom. The average Bonchev–Trinajstić information content (AvgIpc) is 2.30. The molecular weight excluding hydrogens is 184 g/mol. The predicted molar refractivity (Wildman–Crippen MR) is 65.5 cm³/mol. The summed E-state index contributed by atoms with van der Waals surface area (Å²) in [5.41, 5.74) is 2.73. The van der Waals surface area contributed by atoms with E-state index in [0.29, 0.717) is 6.04 Å². The van der Waals surface area contributed by atoms with E-state index in [1.54, 1.807) is 0 Å². The topological polar surface area (TPSA) is 15.3 Å². The third-order valence-electron chi connectivity index (χ3n) is 3.31. The summed E-state index contributed by atoms with van der Waals surface area (Å²) < 4.78 is 0. The van der Waals surface area contributed by atoms with Gasteiger partial charge in [-0.15, -0.1) is 0 Å². The first-order chi connectivity index (χ1) is 7.29. The molecule has 2 rings (SSSR count). The van der Waals surface area contributed by atoms with Crippen molar-refractivity contribution < 1.29 is 0 Å². The van der Waals surface area contributed by atoms with Crippen LogP contribution in [0.4, 0.5) is 5.69 Å². The molecule has 2 nitrogen and oxygen atoms in total. The number of anilines is 1. The number of rotatable bonds is 2. The summed E-state index contributed by atoms with van der Waals surface area (Å²) in [6.45, 7) is 4.48. The second-order valence-corrected chi connectivity index (χ2v) is 4.40. The van der Waals surface area contributed by atoms with Gasteiger partial charge in [0.15, 0.2) is 0 Å². The normalized spacial score (nSPS) is 21.3. The van der Waals surface area contributed by atoms with Crippen LogP contribution in [0.15, 0.2) is 24.3 Å². The second kappa shape index (κ2) is 4.67. The molecule has 0 aliphatic carbocycles. The number of benzene rings is 1. The maximum atomic E-state index is 3.46. The fourth-order valence-corrected chi connectivity index (χ4v) is 2.32. The molecule has 1 fully saturated rings. The number of nitrogens with one attached hydrogen (secondary N) is 1. The van der Waals surface area contributed by atoms with E-state index >= 15 is 0 Å². The minimum atomic E-state index is 0.653. The van der Waals surface area contributed by atoms with Crippen molar-refractivity contribution in [2.75, 3.05) is 25.0 Å². The number of aryl methyl sites for hydroxylation is 1. The van der Waals surface area contributed by atoms with Crippen LogP contribution in [0.25, 0.3) is 0 Å². The Labute approximate surface area is 92.3 Å². The fraction of sp³-hybridized carbons (Fsp3) is 0.538. The van der Waals surface area contributed by atoms with Crippen molar-refractivity contribution in [2.24, 2.45) is 0 Å². The number of likely N-dealkylation sites (N-methyl/N-ethyl adjacent to an activating group) is 1. The number of para-hydroxylation sites is 1. The number of nitrogens with zero attached hydrogens (tertiary/aromatic N) is 1. The molecule has 0 spiro atoms. The molecule has 82 valence electrons. The largest absolute Gasteiger partial charge is 0.370 e. The molecule has 1 aromatic rings. The van der Waals surface area contributed by atoms with E-state index in [1.807, 2.05) is 0 Å². The molecular formula is C13H20N2. The first-order valence-corrected chi connectivity index (χ1v) is 5.78. The fourth-order valence-electron chi connectivity index (χ4n) is 2.32. The van der Waals surface area contributed by atoms with E-state index in [-0.39, 0.29) is 0 Å². The second-order valence-electron chi connectivity index (χ2n) is 4.40. The van der Waals surface area contributed by atoms with Crippen molar-refractivity contribution in [3.8, 4) is 0 Å². The van der Waals surface area contributed by atoms with Gasteiger partial charge in [-0.05, 0) is 37.9 Å². The summed E-state index contributed by atoms with van der Waals surface area (Å²) in [7, 11) is 2.21. The molecule has 1 aromatic carbocycles. The molecule has 2 heteroatoms. The molecule has 15 heavy (non-hydrogen) atoms. The van der Waals surface area contributed by atoms with Crippen LogP contribution in [-0.4, -0.2) is 26.2 Å². The van der Waals surface area contributed by atoms with Crippen LogP contribution in [0, 0.1) is 6.92 Å². The summed E-state index contributed by atoms with van der Waals surface area (Å²) in [5, 5.41) is 3.46. The molecule has 0 amide bonds. The zero-order valence-electron chi connectivity index (χ0n) is 9.66. The highest BCUT2D eigenvalue weighted by Gasteiger charge is 2.18. The van der Waals surface area contributed by atoms with Crippen LogP contribution >= 0.6 is 0 Å². The maximum absolute atomic E-state index is 3.46. The monoisotopic (exact) mass is 204 g/mol. The standard InChI is InChI=1S/C13H20N2/c1-11-6-3-4-8-13(11)15(2)12-7-5-9-14-10-12/h3-4,6,8,12,14H,5,7,9-10H2,1-2H3. The quantitative estimate of drug-likeness (QED) is 0.794. The molecule has 0 saturated carbocycles. The lowest BCUT2D eigenvalue weighted by Gasteiger charge is -2.34. The lowest BCUT2D eigenvalue weighted by atomic mass is 10.0. The van der Waals surface area contributed by atoms with Gasteiger partial charge in [-0.2, -0.15) is 0 Å². The molecule has 1 atom stereocenters. The molecule has 1 N–H and O–H groups in total. The van der Waals surface area contributed by atoms with E-state index in [0.717, 1.165) is 6.54 Å². The molecule has 0 aromatic heterocycles. The molecule has 0 bridgehead atoms. The molecule has 1 aliphatic heterocycles. The van der Waals surface area contributed by atoms with Crippen molar-refractivity contribution in [3.05, 3.63) is 29.8 Å².